The molecule has 1 fully saturated rings. The molecule has 1 aliphatic rings. The first-order chi connectivity index (χ1) is 8.09. The third-order valence-electron chi connectivity index (χ3n) is 3.55. The van der Waals surface area contributed by atoms with Gasteiger partial charge in [0.2, 0.25) is 0 Å². The average Bonchev–Trinajstić information content (AvgIpc) is 2.59. The fourth-order valence-electron chi connectivity index (χ4n) is 2.35. The van der Waals surface area contributed by atoms with Crippen molar-refractivity contribution in [3.8, 4) is 0 Å². The number of hydrogen-bond donors (Lipinski definition) is 0. The van der Waals surface area contributed by atoms with Crippen LogP contribution in [0.3, 0.4) is 0 Å². The van der Waals surface area contributed by atoms with Crippen molar-refractivity contribution in [2.24, 2.45) is 0 Å². The largest absolute Gasteiger partial charge is 0.465 e. The Hall–Kier alpha value is -0.800. The maximum Gasteiger partial charge on any atom is 0.111 e. The van der Waals surface area contributed by atoms with Crippen LogP contribution in [0.25, 0.3) is 0 Å². The van der Waals surface area contributed by atoms with Crippen molar-refractivity contribution in [3.63, 3.8) is 0 Å². The first kappa shape index (κ1) is 12.7. The molecule has 96 valence electrons. The van der Waals surface area contributed by atoms with E-state index in [-0.39, 0.29) is 0 Å². The minimum absolute atomic E-state index is 0.457. The lowest BCUT2D eigenvalue weighted by Crippen LogP contribution is -2.36. The van der Waals surface area contributed by atoms with Crippen LogP contribution in [0.1, 0.15) is 42.4 Å². The van der Waals surface area contributed by atoms with Crippen LogP contribution >= 0.6 is 0 Å². The Kier molecular flexibility index (Phi) is 3.89. The van der Waals surface area contributed by atoms with Crippen molar-refractivity contribution >= 4 is 0 Å². The van der Waals surface area contributed by atoms with Gasteiger partial charge in [0.15, 0.2) is 0 Å². The third-order valence-corrected chi connectivity index (χ3v) is 3.55. The first-order valence-electron chi connectivity index (χ1n) is 6.48. The molecule has 1 aliphatic heterocycles. The lowest BCUT2D eigenvalue weighted by molar-refractivity contribution is 0.0338. The molecule has 0 saturated carbocycles. The molecule has 3 heteroatoms. The van der Waals surface area contributed by atoms with E-state index < -0.39 is 0 Å². The summed E-state index contributed by atoms with van der Waals surface area (Å²) in [7, 11) is 0. The van der Waals surface area contributed by atoms with E-state index in [4.69, 9.17) is 9.15 Å². The minimum atomic E-state index is 0.457. The highest BCUT2D eigenvalue weighted by atomic mass is 16.5. The molecule has 0 aromatic carbocycles. The fourth-order valence-corrected chi connectivity index (χ4v) is 2.35. The summed E-state index contributed by atoms with van der Waals surface area (Å²) in [5, 5.41) is 0. The second-order valence-corrected chi connectivity index (χ2v) is 5.17. The fraction of sp³-hybridized carbons (Fsp3) is 0.714. The van der Waals surface area contributed by atoms with Crippen molar-refractivity contribution in [1.29, 1.82) is 0 Å². The number of ether oxygens (including phenoxy) is 1. The Morgan fingerprint density at radius 1 is 1.18 bits per heavy atom. The Balaban J connectivity index is 2.18. The zero-order valence-corrected chi connectivity index (χ0v) is 11.4. The summed E-state index contributed by atoms with van der Waals surface area (Å²) in [5.74, 6) is 2.68. The zero-order chi connectivity index (χ0) is 12.4. The van der Waals surface area contributed by atoms with E-state index in [2.05, 4.69) is 32.6 Å². The number of morpholine rings is 1. The molecule has 3 nitrogen and oxygen atoms in total. The van der Waals surface area contributed by atoms with Crippen molar-refractivity contribution < 1.29 is 9.15 Å². The van der Waals surface area contributed by atoms with Gasteiger partial charge >= 0.3 is 0 Å². The quantitative estimate of drug-likeness (QED) is 0.808. The van der Waals surface area contributed by atoms with Crippen LogP contribution < -0.4 is 0 Å². The molecule has 1 saturated heterocycles. The van der Waals surface area contributed by atoms with Gasteiger partial charge in [0, 0.05) is 31.1 Å². The van der Waals surface area contributed by atoms with Crippen LogP contribution in [0, 0.1) is 13.8 Å². The van der Waals surface area contributed by atoms with Gasteiger partial charge in [-0.1, -0.05) is 13.8 Å². The Morgan fingerprint density at radius 2 is 1.82 bits per heavy atom. The predicted molar refractivity (Wildman–Crippen MR) is 68.4 cm³/mol. The molecule has 0 atom stereocenters. The topological polar surface area (TPSA) is 25.6 Å². The summed E-state index contributed by atoms with van der Waals surface area (Å²) >= 11 is 0. The van der Waals surface area contributed by atoms with Gasteiger partial charge in [0.05, 0.1) is 13.2 Å². The Bertz CT molecular complexity index is 376. The number of hydrogen-bond acceptors (Lipinski definition) is 3. The summed E-state index contributed by atoms with van der Waals surface area (Å²) in [6, 6.07) is 0. The molecule has 0 unspecified atom stereocenters. The van der Waals surface area contributed by atoms with E-state index in [1.807, 2.05) is 0 Å². The van der Waals surface area contributed by atoms with E-state index in [0.29, 0.717) is 5.92 Å². The second-order valence-electron chi connectivity index (χ2n) is 5.17. The van der Waals surface area contributed by atoms with E-state index in [1.54, 1.807) is 0 Å². The van der Waals surface area contributed by atoms with Crippen LogP contribution in [0.2, 0.25) is 0 Å². The molecule has 0 amide bonds. The van der Waals surface area contributed by atoms with Gasteiger partial charge in [0.25, 0.3) is 0 Å². The van der Waals surface area contributed by atoms with Gasteiger partial charge in [-0.25, -0.2) is 0 Å². The monoisotopic (exact) mass is 237 g/mol. The molecular weight excluding hydrogens is 214 g/mol. The average molecular weight is 237 g/mol. The molecule has 0 bridgehead atoms. The van der Waals surface area contributed by atoms with Crippen molar-refractivity contribution in [2.45, 2.75) is 40.2 Å². The van der Waals surface area contributed by atoms with E-state index in [0.717, 1.165) is 44.4 Å². The first-order valence-corrected chi connectivity index (χ1v) is 6.48. The Labute approximate surface area is 104 Å². The van der Waals surface area contributed by atoms with E-state index in [1.165, 1.54) is 11.1 Å². The molecule has 0 N–H and O–H groups in total. The van der Waals surface area contributed by atoms with E-state index in [9.17, 15) is 0 Å². The molecule has 0 radical (unpaired) electrons. The molecule has 1 aromatic heterocycles. The molecule has 1 aromatic rings. The molecule has 0 aliphatic carbocycles. The lowest BCUT2D eigenvalue weighted by atomic mass is 10.0. The predicted octanol–water partition coefficient (Wildman–Crippen LogP) is 2.85. The van der Waals surface area contributed by atoms with Crippen molar-refractivity contribution in [3.05, 3.63) is 22.6 Å². The van der Waals surface area contributed by atoms with Crippen LogP contribution in [0.5, 0.6) is 0 Å². The maximum absolute atomic E-state index is 5.89. The number of nitrogens with zero attached hydrogens (tertiary/aromatic N) is 1. The van der Waals surface area contributed by atoms with Gasteiger partial charge < -0.3 is 9.15 Å². The normalized spacial score (nSPS) is 17.9. The highest BCUT2D eigenvalue weighted by molar-refractivity contribution is 5.33. The SMILES string of the molecule is Cc1oc(C(C)C)c(CN2CCOCC2)c1C. The number of furan rings is 1. The van der Waals surface area contributed by atoms with Crippen LogP contribution in [-0.2, 0) is 11.3 Å². The van der Waals surface area contributed by atoms with Gasteiger partial charge in [0.1, 0.15) is 11.5 Å². The van der Waals surface area contributed by atoms with Gasteiger partial charge in [-0.3, -0.25) is 4.90 Å². The van der Waals surface area contributed by atoms with E-state index >= 15 is 0 Å². The van der Waals surface area contributed by atoms with Crippen molar-refractivity contribution in [2.75, 3.05) is 26.3 Å². The standard InChI is InChI=1S/C14H23NO2/c1-10(2)14-13(11(3)12(4)17-14)9-15-5-7-16-8-6-15/h10H,5-9H2,1-4H3. The summed E-state index contributed by atoms with van der Waals surface area (Å²) in [5.41, 5.74) is 2.71. The zero-order valence-electron chi connectivity index (χ0n) is 11.4. The molecule has 0 spiro atoms. The van der Waals surface area contributed by atoms with Crippen molar-refractivity contribution in [1.82, 2.24) is 4.90 Å². The maximum atomic E-state index is 5.89. The minimum Gasteiger partial charge on any atom is -0.465 e. The van der Waals surface area contributed by atoms with Crippen LogP contribution in [0.15, 0.2) is 4.42 Å². The van der Waals surface area contributed by atoms with Gasteiger partial charge in [-0.15, -0.1) is 0 Å². The van der Waals surface area contributed by atoms with Gasteiger partial charge in [-0.2, -0.15) is 0 Å². The van der Waals surface area contributed by atoms with Crippen LogP contribution in [-0.4, -0.2) is 31.2 Å². The second kappa shape index (κ2) is 5.23. The lowest BCUT2D eigenvalue weighted by Gasteiger charge is -2.27. The van der Waals surface area contributed by atoms with Gasteiger partial charge in [-0.05, 0) is 19.4 Å². The summed E-state index contributed by atoms with van der Waals surface area (Å²) < 4.78 is 11.3. The number of aryl methyl sites for hydroxylation is 1. The highest BCUT2D eigenvalue weighted by Gasteiger charge is 2.20. The smallest absolute Gasteiger partial charge is 0.111 e. The molecule has 17 heavy (non-hydrogen) atoms. The molecule has 2 rings (SSSR count). The van der Waals surface area contributed by atoms with Crippen LogP contribution in [0.4, 0.5) is 0 Å². The summed E-state index contributed by atoms with van der Waals surface area (Å²) in [6.45, 7) is 13.4. The summed E-state index contributed by atoms with van der Waals surface area (Å²) in [6.07, 6.45) is 0. The summed E-state index contributed by atoms with van der Waals surface area (Å²) in [4.78, 5) is 2.45. The third kappa shape index (κ3) is 2.72. The number of rotatable bonds is 3. The Morgan fingerprint density at radius 3 is 2.41 bits per heavy atom. The highest BCUT2D eigenvalue weighted by Crippen LogP contribution is 2.29. The molecule has 2 heterocycles. The molecular formula is C14H23NO2.